The van der Waals surface area contributed by atoms with Crippen molar-refractivity contribution in [1.82, 2.24) is 4.90 Å². The molecule has 4 amide bonds. The van der Waals surface area contributed by atoms with Crippen LogP contribution in [0.5, 0.6) is 17.2 Å². The molecule has 1 aliphatic rings. The molecule has 1 aliphatic heterocycles. The van der Waals surface area contributed by atoms with Gasteiger partial charge >= 0.3 is 18.2 Å². The number of ether oxygens (including phenoxy) is 3. The van der Waals surface area contributed by atoms with Gasteiger partial charge in [0, 0.05) is 37.6 Å². The van der Waals surface area contributed by atoms with Gasteiger partial charge in [-0.05, 0) is 54.6 Å². The molecule has 1 saturated heterocycles. The van der Waals surface area contributed by atoms with E-state index in [1.54, 1.807) is 30.3 Å². The Morgan fingerprint density at radius 1 is 0.884 bits per heavy atom. The van der Waals surface area contributed by atoms with Gasteiger partial charge < -0.3 is 45.1 Å². The summed E-state index contributed by atoms with van der Waals surface area (Å²) in [6, 6.07) is 14.4. The van der Waals surface area contributed by atoms with Gasteiger partial charge in [-0.25, -0.2) is 9.59 Å². The Morgan fingerprint density at radius 2 is 1.60 bits per heavy atom. The molecule has 4 N–H and O–H groups in total. The number of methoxy groups -OCH3 is 2. The average molecular weight is 604 g/mol. The fraction of sp³-hybridized carbons (Fsp3) is 0.310. The summed E-state index contributed by atoms with van der Waals surface area (Å²) < 4.78 is 56.5. The van der Waals surface area contributed by atoms with E-state index in [-0.39, 0.29) is 37.7 Å². The molecule has 43 heavy (non-hydrogen) atoms. The Morgan fingerprint density at radius 3 is 2.23 bits per heavy atom. The highest BCUT2D eigenvalue weighted by Crippen LogP contribution is 2.38. The number of piperazine rings is 1. The van der Waals surface area contributed by atoms with E-state index < -0.39 is 23.8 Å². The lowest BCUT2D eigenvalue weighted by Crippen LogP contribution is -2.50. The highest BCUT2D eigenvalue weighted by molar-refractivity contribution is 6.01. The van der Waals surface area contributed by atoms with Crippen LogP contribution in [-0.4, -0.2) is 75.7 Å². The number of aliphatic hydroxyl groups excluding tert-OH is 1. The first-order chi connectivity index (χ1) is 20.6. The molecule has 0 aromatic heterocycles. The van der Waals surface area contributed by atoms with Crippen LogP contribution in [0.4, 0.5) is 45.5 Å². The summed E-state index contributed by atoms with van der Waals surface area (Å²) in [4.78, 5) is 28.8. The normalized spacial score (nSPS) is 13.3. The van der Waals surface area contributed by atoms with Crippen molar-refractivity contribution in [2.24, 2.45) is 0 Å². The number of para-hydroxylation sites is 1. The first-order valence-corrected chi connectivity index (χ1v) is 13.3. The van der Waals surface area contributed by atoms with Crippen LogP contribution in [0.15, 0.2) is 60.7 Å². The fourth-order valence-corrected chi connectivity index (χ4v) is 4.51. The molecule has 11 nitrogen and oxygen atoms in total. The topological polar surface area (TPSA) is 125 Å². The van der Waals surface area contributed by atoms with Crippen LogP contribution in [0.3, 0.4) is 0 Å². The van der Waals surface area contributed by atoms with Crippen molar-refractivity contribution < 1.29 is 42.1 Å². The van der Waals surface area contributed by atoms with Crippen LogP contribution in [0.2, 0.25) is 0 Å². The Kier molecular flexibility index (Phi) is 10.0. The number of carbonyl (C=O) groups is 2. The lowest BCUT2D eigenvalue weighted by molar-refractivity contribution is -0.137. The molecule has 3 aromatic rings. The quantitative estimate of drug-likeness (QED) is 0.269. The third kappa shape index (κ3) is 7.92. The number of aliphatic hydroxyl groups is 1. The van der Waals surface area contributed by atoms with E-state index >= 15 is 0 Å². The summed E-state index contributed by atoms with van der Waals surface area (Å²) in [5.41, 5.74) is 0.428. The van der Waals surface area contributed by atoms with Crippen LogP contribution in [-0.2, 0) is 6.18 Å². The van der Waals surface area contributed by atoms with Gasteiger partial charge in [0.2, 0.25) is 0 Å². The minimum atomic E-state index is -4.72. The highest BCUT2D eigenvalue weighted by atomic mass is 19.4. The number of rotatable bonds is 9. The summed E-state index contributed by atoms with van der Waals surface area (Å²) in [5, 5.41) is 16.7. The predicted octanol–water partition coefficient (Wildman–Crippen LogP) is 5.09. The minimum Gasteiger partial charge on any atom is -0.493 e. The molecule has 14 heteroatoms. The molecule has 3 aromatic carbocycles. The molecule has 1 fully saturated rings. The zero-order chi connectivity index (χ0) is 31.0. The molecular weight excluding hydrogens is 571 g/mol. The van der Waals surface area contributed by atoms with Crippen molar-refractivity contribution in [3.8, 4) is 17.2 Å². The number of carbonyl (C=O) groups excluding carboxylic acids is 2. The van der Waals surface area contributed by atoms with Crippen molar-refractivity contribution in [1.29, 1.82) is 0 Å². The van der Waals surface area contributed by atoms with E-state index in [2.05, 4.69) is 16.0 Å². The molecule has 4 rings (SSSR count). The first-order valence-electron chi connectivity index (χ1n) is 13.3. The molecule has 0 saturated carbocycles. The number of hydrogen-bond donors (Lipinski definition) is 4. The maximum Gasteiger partial charge on any atom is 0.418 e. The third-order valence-corrected chi connectivity index (χ3v) is 6.61. The summed E-state index contributed by atoms with van der Waals surface area (Å²) in [6.45, 7) is 0.991. The van der Waals surface area contributed by atoms with Gasteiger partial charge in [-0.3, -0.25) is 0 Å². The molecule has 0 aliphatic carbocycles. The lowest BCUT2D eigenvalue weighted by atomic mass is 10.1. The molecule has 230 valence electrons. The van der Waals surface area contributed by atoms with Crippen molar-refractivity contribution in [2.75, 3.05) is 74.5 Å². The van der Waals surface area contributed by atoms with Gasteiger partial charge in [0.25, 0.3) is 0 Å². The maximum atomic E-state index is 13.6. The van der Waals surface area contributed by atoms with E-state index in [1.807, 2.05) is 17.0 Å². The zero-order valence-electron chi connectivity index (χ0n) is 23.5. The van der Waals surface area contributed by atoms with E-state index in [9.17, 15) is 22.8 Å². The molecular formula is C29H32F3N5O6. The number of nitrogens with one attached hydrogen (secondary N) is 3. The van der Waals surface area contributed by atoms with Gasteiger partial charge in [0.05, 0.1) is 37.8 Å². The second-order valence-corrected chi connectivity index (χ2v) is 9.35. The number of nitrogens with zero attached hydrogens (tertiary/aromatic N) is 2. The number of amides is 4. The summed E-state index contributed by atoms with van der Waals surface area (Å²) in [6.07, 6.45) is -4.72. The van der Waals surface area contributed by atoms with Crippen molar-refractivity contribution in [3.05, 3.63) is 66.2 Å². The number of benzene rings is 3. The van der Waals surface area contributed by atoms with E-state index in [1.165, 1.54) is 25.2 Å². The third-order valence-electron chi connectivity index (χ3n) is 6.61. The van der Waals surface area contributed by atoms with Gasteiger partial charge in [-0.15, -0.1) is 0 Å². The zero-order valence-corrected chi connectivity index (χ0v) is 23.5. The molecule has 0 spiro atoms. The fourth-order valence-electron chi connectivity index (χ4n) is 4.51. The van der Waals surface area contributed by atoms with E-state index in [0.717, 1.165) is 17.8 Å². The molecule has 0 radical (unpaired) electrons. The predicted molar refractivity (Wildman–Crippen MR) is 155 cm³/mol. The second kappa shape index (κ2) is 13.9. The van der Waals surface area contributed by atoms with Crippen LogP contribution in [0, 0.1) is 0 Å². The Bertz CT molecular complexity index is 1410. The smallest absolute Gasteiger partial charge is 0.418 e. The lowest BCUT2D eigenvalue weighted by Gasteiger charge is -2.36. The molecule has 1 heterocycles. The van der Waals surface area contributed by atoms with E-state index in [0.29, 0.717) is 36.0 Å². The second-order valence-electron chi connectivity index (χ2n) is 9.35. The van der Waals surface area contributed by atoms with Crippen LogP contribution < -0.4 is 35.1 Å². The minimum absolute atomic E-state index is 0.0630. The highest BCUT2D eigenvalue weighted by Gasteiger charge is 2.35. The number of halogens is 3. The monoisotopic (exact) mass is 603 g/mol. The number of hydrogen-bond acceptors (Lipinski definition) is 7. The van der Waals surface area contributed by atoms with Gasteiger partial charge in [0.15, 0.2) is 11.5 Å². The van der Waals surface area contributed by atoms with Crippen molar-refractivity contribution >= 4 is 34.8 Å². The number of urea groups is 2. The van der Waals surface area contributed by atoms with Gasteiger partial charge in [0.1, 0.15) is 12.4 Å². The Labute approximate surface area is 246 Å². The number of alkyl halides is 3. The van der Waals surface area contributed by atoms with Gasteiger partial charge in [-0.2, -0.15) is 13.2 Å². The van der Waals surface area contributed by atoms with Crippen LogP contribution in [0.25, 0.3) is 0 Å². The molecule has 0 unspecified atom stereocenters. The van der Waals surface area contributed by atoms with Crippen LogP contribution >= 0.6 is 0 Å². The summed E-state index contributed by atoms with van der Waals surface area (Å²) in [5.74, 6) is 0.810. The van der Waals surface area contributed by atoms with Crippen LogP contribution in [0.1, 0.15) is 5.56 Å². The Balaban J connectivity index is 1.31. The molecule has 0 bridgehead atoms. The number of anilines is 4. The van der Waals surface area contributed by atoms with E-state index in [4.69, 9.17) is 19.3 Å². The van der Waals surface area contributed by atoms with Crippen molar-refractivity contribution in [2.45, 2.75) is 6.18 Å². The molecule has 0 atom stereocenters. The summed E-state index contributed by atoms with van der Waals surface area (Å²) in [7, 11) is 2.98. The summed E-state index contributed by atoms with van der Waals surface area (Å²) >= 11 is 0. The maximum absolute atomic E-state index is 13.6. The largest absolute Gasteiger partial charge is 0.493 e. The SMILES string of the molecule is COc1cccc(NC(=O)Nc2ccc(N3CCN(C(=O)Nc4ccc(OCCO)cc4C(F)(F)F)CC3)cc2)c1OC. The average Bonchev–Trinajstić information content (AvgIpc) is 3.00. The van der Waals surface area contributed by atoms with Gasteiger partial charge in [-0.1, -0.05) is 6.07 Å². The first kappa shape index (κ1) is 31.1. The van der Waals surface area contributed by atoms with Crippen molar-refractivity contribution in [3.63, 3.8) is 0 Å². The Hall–Kier alpha value is -4.85. The standard InChI is InChI=1S/C29H32F3N5O6/c1-41-25-5-3-4-24(26(25)42-2)34-27(39)33-19-6-8-20(9-7-19)36-12-14-37(15-13-36)28(40)35-23-11-10-21(43-17-16-38)18-22(23)29(30,31)32/h3-11,18,38H,12-17H2,1-2H3,(H,35,40)(H2,33,34,39).